The second kappa shape index (κ2) is 26.5. The number of carboxylic acid groups (broad SMARTS) is 1. The number of aromatic hydroxyl groups is 1. The van der Waals surface area contributed by atoms with E-state index in [1.807, 2.05) is 0 Å². The number of carboxylic acids is 1. The van der Waals surface area contributed by atoms with Gasteiger partial charge in [-0.2, -0.15) is 11.8 Å². The Bertz CT molecular complexity index is 1800. The molecule has 0 aliphatic carbocycles. The Labute approximate surface area is 360 Å². The van der Waals surface area contributed by atoms with Crippen molar-refractivity contribution in [3.63, 3.8) is 0 Å². The molecule has 7 amide bonds. The molecule has 1 aromatic carbocycles. The summed E-state index contributed by atoms with van der Waals surface area (Å²) < 4.78 is 0. The van der Waals surface area contributed by atoms with Gasteiger partial charge in [0.15, 0.2) is 0 Å². The maximum absolute atomic E-state index is 13.9. The summed E-state index contributed by atoms with van der Waals surface area (Å²) in [7, 11) is 0. The van der Waals surface area contributed by atoms with E-state index in [0.717, 1.165) is 0 Å². The molecule has 25 heteroatoms. The lowest BCUT2D eigenvalue weighted by Gasteiger charge is -2.28. The van der Waals surface area contributed by atoms with E-state index in [4.69, 9.17) is 10.8 Å². The third kappa shape index (κ3) is 16.9. The zero-order chi connectivity index (χ0) is 46.5. The summed E-state index contributed by atoms with van der Waals surface area (Å²) in [5, 5.41) is 74.6. The van der Waals surface area contributed by atoms with Crippen LogP contribution in [-0.2, 0) is 51.2 Å². The normalized spacial score (nSPS) is 15.0. The van der Waals surface area contributed by atoms with Crippen LogP contribution in [0.4, 0.5) is 0 Å². The number of aliphatic hydroxyl groups is 4. The Balaban J connectivity index is 2.27. The van der Waals surface area contributed by atoms with Crippen molar-refractivity contribution >= 4 is 59.1 Å². The molecule has 62 heavy (non-hydrogen) atoms. The average molecular weight is 897 g/mol. The SMILES string of the molecule is CSCC[C@H](NC(=O)[C@H](Cc1ccc(O)cc1)NC(=O)[C@H](CO)NC(=O)[C@@H](NC(=O)[C@H](CO)NC(=O)[C@H](CO)NC(=O)[C@@H](N)CO)C(C)C)C(=O)N[C@@H](Cc1cnc[nH]1)C(=O)O. The van der Waals surface area contributed by atoms with Gasteiger partial charge in [0.05, 0.1) is 32.8 Å². The molecule has 24 nitrogen and oxygen atoms in total. The smallest absolute Gasteiger partial charge is 0.326 e. The van der Waals surface area contributed by atoms with Crippen LogP contribution >= 0.6 is 11.8 Å². The van der Waals surface area contributed by atoms with Gasteiger partial charge in [0, 0.05) is 24.7 Å². The molecule has 1 aromatic heterocycles. The van der Waals surface area contributed by atoms with Gasteiger partial charge in [0.2, 0.25) is 41.4 Å². The number of nitrogens with two attached hydrogens (primary N) is 1. The second-order valence-corrected chi connectivity index (χ2v) is 15.2. The second-order valence-electron chi connectivity index (χ2n) is 14.2. The molecule has 0 bridgehead atoms. The highest BCUT2D eigenvalue weighted by Gasteiger charge is 2.35. The van der Waals surface area contributed by atoms with Gasteiger partial charge < -0.3 is 78.6 Å². The highest BCUT2D eigenvalue weighted by Crippen LogP contribution is 2.13. The van der Waals surface area contributed by atoms with Gasteiger partial charge in [-0.05, 0) is 42.0 Å². The Morgan fingerprint density at radius 3 is 1.60 bits per heavy atom. The van der Waals surface area contributed by atoms with E-state index in [-0.39, 0.29) is 25.0 Å². The van der Waals surface area contributed by atoms with Gasteiger partial charge in [0.25, 0.3) is 0 Å². The first-order chi connectivity index (χ1) is 29.4. The number of carbonyl (C=O) groups is 8. The molecule has 2 rings (SSSR count). The number of aromatic nitrogens is 2. The Morgan fingerprint density at radius 2 is 1.11 bits per heavy atom. The third-order valence-corrected chi connectivity index (χ3v) is 9.72. The van der Waals surface area contributed by atoms with Crippen LogP contribution in [0.25, 0.3) is 0 Å². The van der Waals surface area contributed by atoms with Crippen molar-refractivity contribution in [3.8, 4) is 5.75 Å². The number of imidazole rings is 1. The van der Waals surface area contributed by atoms with Crippen molar-refractivity contribution in [1.29, 1.82) is 0 Å². The average Bonchev–Trinajstić information content (AvgIpc) is 3.76. The number of aromatic amines is 1. The number of amides is 7. The molecule has 0 aliphatic rings. The molecular weight excluding hydrogens is 841 g/mol. The lowest BCUT2D eigenvalue weighted by atomic mass is 10.0. The van der Waals surface area contributed by atoms with Crippen LogP contribution in [0.1, 0.15) is 31.5 Å². The van der Waals surface area contributed by atoms with Crippen LogP contribution in [0.15, 0.2) is 36.8 Å². The number of benzene rings is 1. The summed E-state index contributed by atoms with van der Waals surface area (Å²) in [6.45, 7) is -0.743. The summed E-state index contributed by atoms with van der Waals surface area (Å²) in [6.07, 6.45) is 4.15. The van der Waals surface area contributed by atoms with Crippen molar-refractivity contribution in [2.24, 2.45) is 11.7 Å². The minimum atomic E-state index is -1.74. The van der Waals surface area contributed by atoms with E-state index in [2.05, 4.69) is 47.2 Å². The summed E-state index contributed by atoms with van der Waals surface area (Å²) in [5.41, 5.74) is 6.26. The number of hydrogen-bond acceptors (Lipinski definition) is 16. The molecule has 0 fully saturated rings. The number of phenols is 1. The standard InChI is InChI=1S/C37H56N10O14S/c1-18(2)29(47-35(58)28(16-51)45-34(57)26(14-49)44-30(53)22(38)13-48)36(59)46-27(15-50)33(56)42-24(10-19-4-6-21(52)7-5-19)32(55)41-23(8-9-62-3)31(54)43-25(37(60)61)11-20-12-39-17-40-20/h4-7,12,17-18,22-29,48-52H,8-11,13-16,38H2,1-3H3,(H,39,40)(H,41,55)(H,42,56)(H,43,54)(H,44,53)(H,45,57)(H,46,59)(H,47,58)(H,60,61)/t22-,23-,24-,25-,26-,27-,28-,29-/m0/s1. The van der Waals surface area contributed by atoms with Crippen molar-refractivity contribution in [2.45, 2.75) is 81.4 Å². The number of rotatable bonds is 27. The highest BCUT2D eigenvalue weighted by molar-refractivity contribution is 7.98. The number of thioether (sulfide) groups is 1. The Kier molecular flexibility index (Phi) is 22.3. The highest BCUT2D eigenvalue weighted by atomic mass is 32.2. The lowest BCUT2D eigenvalue weighted by molar-refractivity contribution is -0.142. The molecule has 0 aliphatic heterocycles. The topological polar surface area (TPSA) is 397 Å². The number of nitrogens with zero attached hydrogens (tertiary/aromatic N) is 1. The van der Waals surface area contributed by atoms with E-state index in [1.165, 1.54) is 62.4 Å². The summed E-state index contributed by atoms with van der Waals surface area (Å²) in [6, 6.07) is -6.58. The first-order valence-corrected chi connectivity index (χ1v) is 20.6. The number of H-pyrrole nitrogens is 1. The molecule has 8 atom stereocenters. The number of aliphatic carboxylic acids is 1. The van der Waals surface area contributed by atoms with Crippen LogP contribution in [0, 0.1) is 5.92 Å². The molecule has 0 unspecified atom stereocenters. The first-order valence-electron chi connectivity index (χ1n) is 19.2. The van der Waals surface area contributed by atoms with Gasteiger partial charge in [-0.25, -0.2) is 9.78 Å². The summed E-state index contributed by atoms with van der Waals surface area (Å²) in [5.74, 6) is -8.85. The van der Waals surface area contributed by atoms with E-state index < -0.39 is 128 Å². The monoisotopic (exact) mass is 896 g/mol. The van der Waals surface area contributed by atoms with Gasteiger partial charge >= 0.3 is 5.97 Å². The quantitative estimate of drug-likeness (QED) is 0.0397. The van der Waals surface area contributed by atoms with Crippen LogP contribution in [0.2, 0.25) is 0 Å². The molecule has 0 radical (unpaired) electrons. The van der Waals surface area contributed by atoms with E-state index in [0.29, 0.717) is 17.0 Å². The van der Waals surface area contributed by atoms with E-state index in [9.17, 15) is 63.9 Å². The van der Waals surface area contributed by atoms with Crippen molar-refractivity contribution in [2.75, 3.05) is 38.4 Å². The van der Waals surface area contributed by atoms with Crippen molar-refractivity contribution in [3.05, 3.63) is 48.0 Å². The van der Waals surface area contributed by atoms with Gasteiger partial charge in [-0.3, -0.25) is 33.6 Å². The van der Waals surface area contributed by atoms with Crippen LogP contribution in [0.3, 0.4) is 0 Å². The maximum Gasteiger partial charge on any atom is 0.326 e. The predicted octanol–water partition coefficient (Wildman–Crippen LogP) is -5.92. The fourth-order valence-corrected chi connectivity index (χ4v) is 5.95. The molecule has 16 N–H and O–H groups in total. The number of carbonyl (C=O) groups excluding carboxylic acids is 7. The molecule has 344 valence electrons. The van der Waals surface area contributed by atoms with Crippen LogP contribution < -0.4 is 43.0 Å². The van der Waals surface area contributed by atoms with E-state index >= 15 is 0 Å². The van der Waals surface area contributed by atoms with Crippen molar-refractivity contribution < 1.29 is 69.0 Å². The van der Waals surface area contributed by atoms with Crippen molar-refractivity contribution in [1.82, 2.24) is 47.2 Å². The number of hydrogen-bond donors (Lipinski definition) is 15. The summed E-state index contributed by atoms with van der Waals surface area (Å²) in [4.78, 5) is 111. The fourth-order valence-electron chi connectivity index (χ4n) is 5.48. The Morgan fingerprint density at radius 1 is 0.645 bits per heavy atom. The van der Waals surface area contributed by atoms with Crippen LogP contribution in [0.5, 0.6) is 5.75 Å². The largest absolute Gasteiger partial charge is 0.508 e. The third-order valence-electron chi connectivity index (χ3n) is 9.07. The molecule has 1 heterocycles. The lowest BCUT2D eigenvalue weighted by Crippen LogP contribution is -2.62. The number of phenolic OH excluding ortho intramolecular Hbond substituents is 1. The molecule has 0 saturated carbocycles. The van der Waals surface area contributed by atoms with Gasteiger partial charge in [-0.15, -0.1) is 0 Å². The number of nitrogens with one attached hydrogen (secondary N) is 8. The zero-order valence-corrected chi connectivity index (χ0v) is 35.0. The molecule has 0 spiro atoms. The molecular formula is C37H56N10O14S. The zero-order valence-electron chi connectivity index (χ0n) is 34.2. The molecule has 0 saturated heterocycles. The number of aliphatic hydroxyl groups excluding tert-OH is 4. The Hall–Kier alpha value is -5.86. The minimum absolute atomic E-state index is 0.0470. The van der Waals surface area contributed by atoms with Gasteiger partial charge in [-0.1, -0.05) is 26.0 Å². The first kappa shape index (κ1) is 52.3. The predicted molar refractivity (Wildman–Crippen MR) is 219 cm³/mol. The van der Waals surface area contributed by atoms with Gasteiger partial charge in [0.1, 0.15) is 54.1 Å². The maximum atomic E-state index is 13.9. The molecule has 2 aromatic rings. The summed E-state index contributed by atoms with van der Waals surface area (Å²) >= 11 is 1.34. The van der Waals surface area contributed by atoms with Crippen LogP contribution in [-0.4, -0.2) is 175 Å². The fraction of sp³-hybridized carbons (Fsp3) is 0.541. The minimum Gasteiger partial charge on any atom is -0.508 e. The van der Waals surface area contributed by atoms with E-state index in [1.54, 1.807) is 6.26 Å².